The van der Waals surface area contributed by atoms with Crippen LogP contribution >= 0.6 is 22.9 Å². The maximum atomic E-state index is 12.6. The van der Waals surface area contributed by atoms with E-state index < -0.39 is 17.8 Å². The maximum absolute atomic E-state index is 12.6. The number of aromatic nitrogens is 1. The van der Waals surface area contributed by atoms with Gasteiger partial charge in [-0.2, -0.15) is 4.99 Å². The summed E-state index contributed by atoms with van der Waals surface area (Å²) in [6, 6.07) is 11.4. The average Bonchev–Trinajstić information content (AvgIpc) is 3.04. The van der Waals surface area contributed by atoms with E-state index in [-0.39, 0.29) is 13.2 Å². The van der Waals surface area contributed by atoms with Crippen molar-refractivity contribution in [1.82, 2.24) is 4.57 Å². The summed E-state index contributed by atoms with van der Waals surface area (Å²) in [7, 11) is 1.28. The zero-order chi connectivity index (χ0) is 21.0. The summed E-state index contributed by atoms with van der Waals surface area (Å²) in [5.74, 6) is -1.44. The minimum absolute atomic E-state index is 0.128. The number of amides is 1. The zero-order valence-electron chi connectivity index (χ0n) is 15.7. The topological polar surface area (TPSA) is 87.0 Å². The summed E-state index contributed by atoms with van der Waals surface area (Å²) in [5, 5.41) is 0.420. The van der Waals surface area contributed by atoms with Crippen LogP contribution in [0.3, 0.4) is 0 Å². The molecule has 3 rings (SSSR count). The van der Waals surface area contributed by atoms with Gasteiger partial charge in [-0.3, -0.25) is 9.59 Å². The summed E-state index contributed by atoms with van der Waals surface area (Å²) >= 11 is 7.13. The smallest absolute Gasteiger partial charge is 0.338 e. The minimum atomic E-state index is -0.497. The van der Waals surface area contributed by atoms with Crippen LogP contribution in [0.25, 0.3) is 10.2 Å². The molecule has 0 atom stereocenters. The summed E-state index contributed by atoms with van der Waals surface area (Å²) in [5.41, 5.74) is 1.34. The molecule has 0 unspecified atom stereocenters. The molecule has 0 radical (unpaired) electrons. The van der Waals surface area contributed by atoms with Gasteiger partial charge in [-0.1, -0.05) is 29.0 Å². The lowest BCUT2D eigenvalue weighted by Gasteiger charge is -2.05. The maximum Gasteiger partial charge on any atom is 0.338 e. The summed E-state index contributed by atoms with van der Waals surface area (Å²) < 4.78 is 12.0. The number of carbonyl (C=O) groups excluding carboxylic acids is 3. The predicted molar refractivity (Wildman–Crippen MR) is 109 cm³/mol. The molecule has 0 bridgehead atoms. The van der Waals surface area contributed by atoms with Gasteiger partial charge in [-0.05, 0) is 43.3 Å². The number of methoxy groups -OCH3 is 1. The highest BCUT2D eigenvalue weighted by Gasteiger charge is 2.15. The van der Waals surface area contributed by atoms with Crippen molar-refractivity contribution >= 4 is 51.0 Å². The second kappa shape index (κ2) is 9.02. The Kier molecular flexibility index (Phi) is 6.46. The van der Waals surface area contributed by atoms with Crippen LogP contribution in [-0.4, -0.2) is 36.1 Å². The fourth-order valence-electron chi connectivity index (χ4n) is 2.62. The fourth-order valence-corrected chi connectivity index (χ4v) is 3.88. The van der Waals surface area contributed by atoms with E-state index >= 15 is 0 Å². The van der Waals surface area contributed by atoms with Crippen LogP contribution in [0.15, 0.2) is 47.5 Å². The molecule has 0 saturated carbocycles. The summed E-state index contributed by atoms with van der Waals surface area (Å²) in [6.07, 6.45) is 0. The van der Waals surface area contributed by atoms with E-state index in [2.05, 4.69) is 4.99 Å². The number of fused-ring (bicyclic) bond motifs is 1. The largest absolute Gasteiger partial charge is 0.468 e. The number of carbonyl (C=O) groups is 3. The van der Waals surface area contributed by atoms with Crippen molar-refractivity contribution < 1.29 is 23.9 Å². The molecule has 7 nitrogen and oxygen atoms in total. The highest BCUT2D eigenvalue weighted by molar-refractivity contribution is 7.16. The van der Waals surface area contributed by atoms with Gasteiger partial charge in [-0.15, -0.1) is 0 Å². The standard InChI is InChI=1S/C20H17ClN2O5S/c1-3-28-19(26)13-7-8-15-16(10-13)29-20(23(15)11-17(24)27-2)22-18(25)12-5-4-6-14(21)9-12/h4-10H,3,11H2,1-2H3. The Hall–Kier alpha value is -2.97. The molecule has 0 aliphatic rings. The van der Waals surface area contributed by atoms with Crippen molar-refractivity contribution in [1.29, 1.82) is 0 Å². The van der Waals surface area contributed by atoms with Crippen molar-refractivity contribution in [2.24, 2.45) is 4.99 Å². The number of esters is 2. The third-order valence-electron chi connectivity index (χ3n) is 3.98. The van der Waals surface area contributed by atoms with Gasteiger partial charge in [0, 0.05) is 10.6 Å². The van der Waals surface area contributed by atoms with E-state index in [1.807, 2.05) is 0 Å². The quantitative estimate of drug-likeness (QED) is 0.576. The predicted octanol–water partition coefficient (Wildman–Crippen LogP) is 3.45. The molecule has 0 aliphatic heterocycles. The molecule has 0 fully saturated rings. The van der Waals surface area contributed by atoms with E-state index in [1.54, 1.807) is 47.9 Å². The molecule has 0 aliphatic carbocycles. The number of thiazole rings is 1. The fraction of sp³-hybridized carbons (Fsp3) is 0.200. The van der Waals surface area contributed by atoms with Crippen LogP contribution in [0, 0.1) is 0 Å². The third-order valence-corrected chi connectivity index (χ3v) is 5.25. The van der Waals surface area contributed by atoms with Crippen LogP contribution in [0.4, 0.5) is 0 Å². The van der Waals surface area contributed by atoms with Crippen LogP contribution in [0.1, 0.15) is 27.6 Å². The van der Waals surface area contributed by atoms with Crippen molar-refractivity contribution in [3.63, 3.8) is 0 Å². The molecule has 150 valence electrons. The van der Waals surface area contributed by atoms with Crippen molar-refractivity contribution in [3.8, 4) is 0 Å². The number of hydrogen-bond acceptors (Lipinski definition) is 6. The van der Waals surface area contributed by atoms with Gasteiger partial charge in [0.2, 0.25) is 0 Å². The molecule has 1 amide bonds. The first-order chi connectivity index (χ1) is 13.9. The third kappa shape index (κ3) is 4.72. The molecule has 0 spiro atoms. The van der Waals surface area contributed by atoms with Crippen molar-refractivity contribution in [3.05, 3.63) is 63.4 Å². The molecule has 1 heterocycles. The number of ether oxygens (including phenoxy) is 2. The lowest BCUT2D eigenvalue weighted by molar-refractivity contribution is -0.141. The van der Waals surface area contributed by atoms with Gasteiger partial charge in [0.05, 0.1) is 29.5 Å². The molecule has 29 heavy (non-hydrogen) atoms. The van der Waals surface area contributed by atoms with E-state index in [1.165, 1.54) is 24.5 Å². The molecule has 0 N–H and O–H groups in total. The second-order valence-electron chi connectivity index (χ2n) is 5.88. The highest BCUT2D eigenvalue weighted by Crippen LogP contribution is 2.20. The minimum Gasteiger partial charge on any atom is -0.468 e. The molecular formula is C20H17ClN2O5S. The summed E-state index contributed by atoms with van der Waals surface area (Å²) in [4.78, 5) is 40.9. The number of halogens is 1. The summed E-state index contributed by atoms with van der Waals surface area (Å²) in [6.45, 7) is 1.86. The van der Waals surface area contributed by atoms with E-state index in [4.69, 9.17) is 21.1 Å². The van der Waals surface area contributed by atoms with Gasteiger partial charge in [0.25, 0.3) is 5.91 Å². The average molecular weight is 433 g/mol. The van der Waals surface area contributed by atoms with Crippen LogP contribution in [0.2, 0.25) is 5.02 Å². The number of rotatable bonds is 5. The Balaban J connectivity index is 2.13. The van der Waals surface area contributed by atoms with Crippen LogP contribution in [0.5, 0.6) is 0 Å². The van der Waals surface area contributed by atoms with E-state index in [9.17, 15) is 14.4 Å². The van der Waals surface area contributed by atoms with Gasteiger partial charge < -0.3 is 14.0 Å². The van der Waals surface area contributed by atoms with Crippen molar-refractivity contribution in [2.45, 2.75) is 13.5 Å². The van der Waals surface area contributed by atoms with Crippen LogP contribution in [-0.2, 0) is 20.8 Å². The lowest BCUT2D eigenvalue weighted by atomic mass is 10.2. The molecule has 1 aromatic heterocycles. The Labute approximate surface area is 175 Å². The van der Waals surface area contributed by atoms with Gasteiger partial charge in [0.15, 0.2) is 4.80 Å². The Bertz CT molecular complexity index is 1170. The van der Waals surface area contributed by atoms with Crippen molar-refractivity contribution in [2.75, 3.05) is 13.7 Å². The first kappa shape index (κ1) is 20.8. The highest BCUT2D eigenvalue weighted by atomic mass is 35.5. The normalized spacial score (nSPS) is 11.5. The molecular weight excluding hydrogens is 416 g/mol. The van der Waals surface area contributed by atoms with E-state index in [0.717, 1.165) is 0 Å². The molecule has 2 aromatic carbocycles. The number of nitrogens with zero attached hydrogens (tertiary/aromatic N) is 2. The number of hydrogen-bond donors (Lipinski definition) is 0. The zero-order valence-corrected chi connectivity index (χ0v) is 17.2. The Morgan fingerprint density at radius 2 is 1.93 bits per heavy atom. The SMILES string of the molecule is CCOC(=O)c1ccc2c(c1)sc(=NC(=O)c1cccc(Cl)c1)n2CC(=O)OC. The van der Waals surface area contributed by atoms with Gasteiger partial charge in [0.1, 0.15) is 6.54 Å². The Morgan fingerprint density at radius 3 is 2.62 bits per heavy atom. The van der Waals surface area contributed by atoms with Gasteiger partial charge >= 0.3 is 11.9 Å². The first-order valence-electron chi connectivity index (χ1n) is 8.65. The van der Waals surface area contributed by atoms with Crippen LogP contribution < -0.4 is 4.80 Å². The van der Waals surface area contributed by atoms with Gasteiger partial charge in [-0.25, -0.2) is 4.79 Å². The lowest BCUT2D eigenvalue weighted by Crippen LogP contribution is -2.22. The van der Waals surface area contributed by atoms with E-state index in [0.29, 0.717) is 31.2 Å². The Morgan fingerprint density at radius 1 is 1.14 bits per heavy atom. The number of benzene rings is 2. The molecule has 3 aromatic rings. The second-order valence-corrected chi connectivity index (χ2v) is 7.32. The monoisotopic (exact) mass is 432 g/mol. The molecule has 0 saturated heterocycles. The molecule has 9 heteroatoms. The first-order valence-corrected chi connectivity index (χ1v) is 9.84.